The van der Waals surface area contributed by atoms with Crippen LogP contribution in [0.2, 0.25) is 0 Å². The lowest BCUT2D eigenvalue weighted by Gasteiger charge is -2.58. The van der Waals surface area contributed by atoms with Crippen molar-refractivity contribution in [2.45, 2.75) is 32.4 Å². The molecule has 166 valence electrons. The average molecular weight is 433 g/mol. The van der Waals surface area contributed by atoms with Crippen LogP contribution in [-0.4, -0.2) is 56.1 Å². The van der Waals surface area contributed by atoms with Gasteiger partial charge in [-0.1, -0.05) is 17.0 Å². The SMILES string of the molecule is C[C@H](O)c1nccn1Cc1cc(-c2ccc(C#CC3CC4(C3)CN(CCO)C4)cc2)on1. The van der Waals surface area contributed by atoms with E-state index in [1.807, 2.05) is 41.1 Å². The van der Waals surface area contributed by atoms with Crippen molar-refractivity contribution in [2.75, 3.05) is 26.2 Å². The minimum Gasteiger partial charge on any atom is -0.395 e. The summed E-state index contributed by atoms with van der Waals surface area (Å²) in [5.41, 5.74) is 3.20. The number of hydrogen-bond donors (Lipinski definition) is 2. The van der Waals surface area contributed by atoms with Crippen LogP contribution in [0.15, 0.2) is 47.2 Å². The van der Waals surface area contributed by atoms with E-state index < -0.39 is 6.10 Å². The molecule has 0 radical (unpaired) electrons. The van der Waals surface area contributed by atoms with Crippen molar-refractivity contribution in [2.24, 2.45) is 11.3 Å². The van der Waals surface area contributed by atoms with Crippen LogP contribution in [-0.2, 0) is 6.54 Å². The molecule has 0 unspecified atom stereocenters. The number of imidazole rings is 1. The summed E-state index contributed by atoms with van der Waals surface area (Å²) in [5, 5.41) is 23.0. The molecule has 1 spiro atoms. The standard InChI is InChI=1S/C25H28N4O3/c1-18(31)24-26-8-9-29(24)15-22-12-23(32-27-22)21-6-4-19(5-7-21)2-3-20-13-25(14-20)16-28(17-25)10-11-30/h4-9,12,18,20,30-31H,10-11,13-17H2,1H3/t18-/m0/s1. The predicted octanol–water partition coefficient (Wildman–Crippen LogP) is 2.70. The Bertz CT molecular complexity index is 1120. The third-order valence-electron chi connectivity index (χ3n) is 6.50. The Morgan fingerprint density at radius 1 is 1.25 bits per heavy atom. The van der Waals surface area contributed by atoms with Gasteiger partial charge in [0.15, 0.2) is 5.76 Å². The van der Waals surface area contributed by atoms with Crippen LogP contribution in [0, 0.1) is 23.2 Å². The molecule has 7 nitrogen and oxygen atoms in total. The molecule has 1 atom stereocenters. The zero-order valence-corrected chi connectivity index (χ0v) is 18.2. The first-order valence-corrected chi connectivity index (χ1v) is 11.1. The Balaban J connectivity index is 1.17. The largest absolute Gasteiger partial charge is 0.395 e. The second-order valence-electron chi connectivity index (χ2n) is 9.16. The topological polar surface area (TPSA) is 87.6 Å². The molecule has 32 heavy (non-hydrogen) atoms. The first kappa shape index (κ1) is 21.0. The average Bonchev–Trinajstić information content (AvgIpc) is 3.38. The van der Waals surface area contributed by atoms with E-state index in [4.69, 9.17) is 9.63 Å². The van der Waals surface area contributed by atoms with Gasteiger partial charge < -0.3 is 19.3 Å². The lowest BCUT2D eigenvalue weighted by Crippen LogP contribution is -2.62. The first-order chi connectivity index (χ1) is 15.5. The number of hydrogen-bond acceptors (Lipinski definition) is 6. The van der Waals surface area contributed by atoms with Gasteiger partial charge in [-0.3, -0.25) is 4.90 Å². The van der Waals surface area contributed by atoms with E-state index in [1.54, 1.807) is 13.1 Å². The lowest BCUT2D eigenvalue weighted by molar-refractivity contribution is -0.0834. The lowest BCUT2D eigenvalue weighted by atomic mass is 9.58. The normalized spacial score (nSPS) is 18.6. The highest BCUT2D eigenvalue weighted by Crippen LogP contribution is 2.51. The highest BCUT2D eigenvalue weighted by atomic mass is 16.5. The number of likely N-dealkylation sites (tertiary alicyclic amines) is 1. The Kier molecular flexibility index (Phi) is 5.60. The number of rotatable bonds is 6. The van der Waals surface area contributed by atoms with E-state index in [1.165, 1.54) is 12.8 Å². The fourth-order valence-electron chi connectivity index (χ4n) is 4.97. The maximum absolute atomic E-state index is 9.80. The third kappa shape index (κ3) is 4.22. The van der Waals surface area contributed by atoms with Gasteiger partial charge in [0.2, 0.25) is 0 Å². The molecular weight excluding hydrogens is 404 g/mol. The molecular formula is C25H28N4O3. The van der Waals surface area contributed by atoms with Gasteiger partial charge in [0.05, 0.1) is 13.2 Å². The van der Waals surface area contributed by atoms with Crippen molar-refractivity contribution in [3.05, 3.63) is 59.8 Å². The van der Waals surface area contributed by atoms with Crippen LogP contribution >= 0.6 is 0 Å². The molecule has 7 heteroatoms. The van der Waals surface area contributed by atoms with Crippen molar-refractivity contribution in [1.82, 2.24) is 19.6 Å². The maximum atomic E-state index is 9.80. The van der Waals surface area contributed by atoms with Crippen molar-refractivity contribution in [1.29, 1.82) is 0 Å². The van der Waals surface area contributed by atoms with E-state index in [-0.39, 0.29) is 6.61 Å². The molecule has 5 rings (SSSR count). The van der Waals surface area contributed by atoms with Crippen LogP contribution in [0.4, 0.5) is 0 Å². The van der Waals surface area contributed by atoms with E-state index >= 15 is 0 Å². The van der Waals surface area contributed by atoms with Crippen LogP contribution in [0.5, 0.6) is 0 Å². The molecule has 2 N–H and O–H groups in total. The van der Waals surface area contributed by atoms with Crippen molar-refractivity contribution in [3.8, 4) is 23.2 Å². The smallest absolute Gasteiger partial charge is 0.167 e. The van der Waals surface area contributed by atoms with Crippen molar-refractivity contribution in [3.63, 3.8) is 0 Å². The van der Waals surface area contributed by atoms with E-state index in [9.17, 15) is 5.11 Å². The Morgan fingerprint density at radius 2 is 2.03 bits per heavy atom. The molecule has 0 amide bonds. The van der Waals surface area contributed by atoms with Gasteiger partial charge in [0.1, 0.15) is 17.6 Å². The van der Waals surface area contributed by atoms with Crippen LogP contribution < -0.4 is 0 Å². The molecule has 2 fully saturated rings. The Morgan fingerprint density at radius 3 is 2.75 bits per heavy atom. The summed E-state index contributed by atoms with van der Waals surface area (Å²) in [6, 6.07) is 9.97. The molecule has 1 aliphatic heterocycles. The summed E-state index contributed by atoms with van der Waals surface area (Å²) in [4.78, 5) is 6.50. The second kappa shape index (κ2) is 8.55. The predicted molar refractivity (Wildman–Crippen MR) is 119 cm³/mol. The molecule has 3 aromatic rings. The van der Waals surface area contributed by atoms with Gasteiger partial charge in [-0.2, -0.15) is 0 Å². The summed E-state index contributed by atoms with van der Waals surface area (Å²) < 4.78 is 7.39. The van der Waals surface area contributed by atoms with Crippen LogP contribution in [0.3, 0.4) is 0 Å². The maximum Gasteiger partial charge on any atom is 0.167 e. The molecule has 2 aromatic heterocycles. The van der Waals surface area contributed by atoms with E-state index in [0.29, 0.717) is 29.5 Å². The molecule has 1 saturated carbocycles. The number of nitrogens with zero attached hydrogens (tertiary/aromatic N) is 4. The van der Waals surface area contributed by atoms with Crippen molar-refractivity contribution < 1.29 is 14.7 Å². The van der Waals surface area contributed by atoms with Crippen LogP contribution in [0.1, 0.15) is 43.0 Å². The molecule has 3 heterocycles. The molecule has 1 aromatic carbocycles. The number of benzene rings is 1. The number of β-amino-alcohol motifs (C(OH)–C–C–N with tert-alkyl or cyclic N) is 1. The number of aliphatic hydroxyl groups is 2. The quantitative estimate of drug-likeness (QED) is 0.583. The summed E-state index contributed by atoms with van der Waals surface area (Å²) in [7, 11) is 0. The number of aliphatic hydroxyl groups excluding tert-OH is 2. The van der Waals surface area contributed by atoms with Gasteiger partial charge in [0.25, 0.3) is 0 Å². The first-order valence-electron chi connectivity index (χ1n) is 11.1. The van der Waals surface area contributed by atoms with Gasteiger partial charge in [-0.05, 0) is 49.4 Å². The van der Waals surface area contributed by atoms with Crippen LogP contribution in [0.25, 0.3) is 11.3 Å². The monoisotopic (exact) mass is 432 g/mol. The molecule has 2 aliphatic rings. The van der Waals surface area contributed by atoms with E-state index in [2.05, 4.69) is 26.9 Å². The van der Waals surface area contributed by atoms with Gasteiger partial charge >= 0.3 is 0 Å². The fourth-order valence-corrected chi connectivity index (χ4v) is 4.97. The summed E-state index contributed by atoms with van der Waals surface area (Å²) >= 11 is 0. The molecule has 1 aliphatic carbocycles. The second-order valence-corrected chi connectivity index (χ2v) is 9.16. The van der Waals surface area contributed by atoms with Gasteiger partial charge in [-0.15, -0.1) is 0 Å². The third-order valence-corrected chi connectivity index (χ3v) is 6.50. The zero-order valence-electron chi connectivity index (χ0n) is 18.2. The number of aromatic nitrogens is 3. The summed E-state index contributed by atoms with van der Waals surface area (Å²) in [5.74, 6) is 8.54. The molecule has 1 saturated heterocycles. The minimum absolute atomic E-state index is 0.249. The Hall–Kier alpha value is -2.92. The van der Waals surface area contributed by atoms with Gasteiger partial charge in [0, 0.05) is 55.1 Å². The summed E-state index contributed by atoms with van der Waals surface area (Å²) in [6.07, 6.45) is 5.21. The molecule has 0 bridgehead atoms. The zero-order chi connectivity index (χ0) is 22.1. The highest BCUT2D eigenvalue weighted by Gasteiger charge is 2.51. The Labute approximate surface area is 187 Å². The fraction of sp³-hybridized carbons (Fsp3) is 0.440. The highest BCUT2D eigenvalue weighted by molar-refractivity contribution is 5.59. The summed E-state index contributed by atoms with van der Waals surface area (Å²) in [6.45, 7) is 5.46. The minimum atomic E-state index is -0.634. The van der Waals surface area contributed by atoms with Gasteiger partial charge in [-0.25, -0.2) is 4.98 Å². The van der Waals surface area contributed by atoms with Crippen molar-refractivity contribution >= 4 is 0 Å². The van der Waals surface area contributed by atoms with E-state index in [0.717, 1.165) is 36.5 Å².